The van der Waals surface area contributed by atoms with Gasteiger partial charge in [0, 0.05) is 32.1 Å². The fourth-order valence-electron chi connectivity index (χ4n) is 3.84. The summed E-state index contributed by atoms with van der Waals surface area (Å²) in [4.78, 5) is 26.1. The molecular formula is C21H31N4O4-. The number of carbonyl (C=O) groups is 2. The number of nitrogens with one attached hydrogen (secondary N) is 2. The molecule has 1 aromatic carbocycles. The van der Waals surface area contributed by atoms with Gasteiger partial charge in [0.05, 0.1) is 17.1 Å². The summed E-state index contributed by atoms with van der Waals surface area (Å²) in [6.45, 7) is 8.82. The average molecular weight is 404 g/mol. The van der Waals surface area contributed by atoms with E-state index in [4.69, 9.17) is 4.74 Å². The van der Waals surface area contributed by atoms with Gasteiger partial charge in [0.25, 0.3) is 0 Å². The summed E-state index contributed by atoms with van der Waals surface area (Å²) in [5.41, 5.74) is 1.27. The van der Waals surface area contributed by atoms with Gasteiger partial charge < -0.3 is 30.5 Å². The van der Waals surface area contributed by atoms with Crippen LogP contribution in [0.4, 0.5) is 21.9 Å². The summed E-state index contributed by atoms with van der Waals surface area (Å²) in [6.07, 6.45) is 1.47. The largest absolute Gasteiger partial charge is 0.758 e. The Labute approximate surface area is 172 Å². The standard InChI is InChI=1S/C21H31N4O4/c1-5-18(26)22-16-7-6-8-17-19(16)23-15-10-11-24(20(27)29-21(2,3)4)13-14(15)9-12-25(17)28/h6-8,14-15,23H,5,9-13H2,1-4H3,(H,22,26)/q-1. The Hall–Kier alpha value is -2.48. The molecule has 2 heterocycles. The quantitative estimate of drug-likeness (QED) is 0.780. The highest BCUT2D eigenvalue weighted by Gasteiger charge is 2.35. The second kappa shape index (κ2) is 8.49. The van der Waals surface area contributed by atoms with E-state index >= 15 is 0 Å². The Balaban J connectivity index is 1.80. The zero-order valence-corrected chi connectivity index (χ0v) is 17.7. The minimum Gasteiger partial charge on any atom is -0.758 e. The van der Waals surface area contributed by atoms with Gasteiger partial charge in [-0.1, -0.05) is 13.0 Å². The van der Waals surface area contributed by atoms with Gasteiger partial charge in [-0.15, -0.1) is 0 Å². The van der Waals surface area contributed by atoms with Gasteiger partial charge in [-0.05, 0) is 51.7 Å². The molecule has 1 fully saturated rings. The van der Waals surface area contributed by atoms with E-state index in [9.17, 15) is 14.8 Å². The molecule has 1 saturated heterocycles. The highest BCUT2D eigenvalue weighted by molar-refractivity contribution is 5.97. The molecule has 8 nitrogen and oxygen atoms in total. The third-order valence-corrected chi connectivity index (χ3v) is 5.32. The van der Waals surface area contributed by atoms with Crippen molar-refractivity contribution < 1.29 is 14.3 Å². The topological polar surface area (TPSA) is 97.0 Å². The summed E-state index contributed by atoms with van der Waals surface area (Å²) in [5, 5.41) is 20.1. The van der Waals surface area contributed by atoms with E-state index < -0.39 is 5.60 Å². The first-order valence-electron chi connectivity index (χ1n) is 10.3. The molecule has 0 aliphatic carbocycles. The van der Waals surface area contributed by atoms with Crippen LogP contribution in [0.1, 0.15) is 47.0 Å². The van der Waals surface area contributed by atoms with E-state index in [2.05, 4.69) is 10.6 Å². The number of piperidine rings is 1. The molecule has 0 radical (unpaired) electrons. The van der Waals surface area contributed by atoms with Crippen LogP contribution in [0.25, 0.3) is 0 Å². The van der Waals surface area contributed by atoms with Crippen LogP contribution in [0.15, 0.2) is 18.2 Å². The number of hydroxylamine groups is 1. The summed E-state index contributed by atoms with van der Waals surface area (Å²) < 4.78 is 5.51. The van der Waals surface area contributed by atoms with Crippen molar-refractivity contribution >= 4 is 29.1 Å². The van der Waals surface area contributed by atoms with E-state index in [1.165, 1.54) is 0 Å². The first-order chi connectivity index (χ1) is 13.7. The van der Waals surface area contributed by atoms with Crippen LogP contribution in [0.3, 0.4) is 0 Å². The van der Waals surface area contributed by atoms with Gasteiger partial charge in [-0.2, -0.15) is 0 Å². The lowest BCUT2D eigenvalue weighted by atomic mass is 9.88. The molecule has 0 saturated carbocycles. The maximum Gasteiger partial charge on any atom is 0.410 e. The summed E-state index contributed by atoms with van der Waals surface area (Å²) in [7, 11) is 0. The first kappa shape index (κ1) is 21.2. The monoisotopic (exact) mass is 403 g/mol. The second-order valence-electron chi connectivity index (χ2n) is 8.72. The molecule has 3 rings (SSSR count). The second-order valence-corrected chi connectivity index (χ2v) is 8.72. The third-order valence-electron chi connectivity index (χ3n) is 5.32. The molecule has 1 aromatic rings. The first-order valence-corrected chi connectivity index (χ1v) is 10.3. The Morgan fingerprint density at radius 3 is 2.72 bits per heavy atom. The van der Waals surface area contributed by atoms with Crippen molar-refractivity contribution in [2.24, 2.45) is 5.92 Å². The van der Waals surface area contributed by atoms with E-state index in [0.29, 0.717) is 49.5 Å². The number of fused-ring (bicyclic) bond motifs is 2. The fraction of sp³-hybridized carbons (Fsp3) is 0.619. The van der Waals surface area contributed by atoms with Crippen LogP contribution < -0.4 is 15.7 Å². The number of para-hydroxylation sites is 1. The maximum absolute atomic E-state index is 12.7. The molecule has 0 spiro atoms. The Kier molecular flexibility index (Phi) is 6.21. The number of hydrogen-bond acceptors (Lipinski definition) is 6. The highest BCUT2D eigenvalue weighted by atomic mass is 16.6. The molecule has 0 aromatic heterocycles. The molecule has 8 heteroatoms. The zero-order chi connectivity index (χ0) is 21.2. The van der Waals surface area contributed by atoms with Crippen molar-refractivity contribution in [3.8, 4) is 0 Å². The SMILES string of the molecule is CCC(=O)Nc1cccc2c1NC1CCN(C(=O)OC(C)(C)C)CC1CCN2[O-]. The minimum atomic E-state index is -0.537. The van der Waals surface area contributed by atoms with Gasteiger partial charge in [-0.3, -0.25) is 4.79 Å². The van der Waals surface area contributed by atoms with Crippen LogP contribution in [0.5, 0.6) is 0 Å². The zero-order valence-electron chi connectivity index (χ0n) is 17.7. The molecule has 2 aliphatic rings. The van der Waals surface area contributed by atoms with Crippen LogP contribution in [-0.2, 0) is 9.53 Å². The number of hydrogen-bond donors (Lipinski definition) is 2. The Morgan fingerprint density at radius 1 is 1.28 bits per heavy atom. The molecule has 29 heavy (non-hydrogen) atoms. The van der Waals surface area contributed by atoms with Crippen molar-refractivity contribution in [1.82, 2.24) is 4.90 Å². The summed E-state index contributed by atoms with van der Waals surface area (Å²) >= 11 is 0. The maximum atomic E-state index is 12.7. The Morgan fingerprint density at radius 2 is 2.03 bits per heavy atom. The Bertz CT molecular complexity index is 762. The number of carbonyl (C=O) groups excluding carboxylic acids is 2. The number of nitrogens with zero attached hydrogens (tertiary/aromatic N) is 2. The molecule has 2 unspecified atom stereocenters. The number of anilines is 3. The molecule has 2 atom stereocenters. The lowest BCUT2D eigenvalue weighted by molar-refractivity contribution is -0.115. The predicted molar refractivity (Wildman–Crippen MR) is 114 cm³/mol. The van der Waals surface area contributed by atoms with Gasteiger partial charge >= 0.3 is 6.09 Å². The van der Waals surface area contributed by atoms with Gasteiger partial charge in [-0.25, -0.2) is 4.79 Å². The molecule has 2 amide bonds. The average Bonchev–Trinajstić information content (AvgIpc) is 2.65. The summed E-state index contributed by atoms with van der Waals surface area (Å²) in [5.74, 6) is 0.0202. The van der Waals surface area contributed by atoms with Crippen molar-refractivity contribution in [3.63, 3.8) is 0 Å². The summed E-state index contributed by atoms with van der Waals surface area (Å²) in [6, 6.07) is 5.47. The van der Waals surface area contributed by atoms with Gasteiger partial charge in [0.15, 0.2) is 0 Å². The molecule has 160 valence electrons. The molecular weight excluding hydrogens is 372 g/mol. The smallest absolute Gasteiger partial charge is 0.410 e. The minimum absolute atomic E-state index is 0.101. The third kappa shape index (κ3) is 5.12. The van der Waals surface area contributed by atoms with Crippen molar-refractivity contribution in [2.45, 2.75) is 58.6 Å². The fourth-order valence-corrected chi connectivity index (χ4v) is 3.84. The van der Waals surface area contributed by atoms with Crippen LogP contribution >= 0.6 is 0 Å². The van der Waals surface area contributed by atoms with Crippen LogP contribution in [0.2, 0.25) is 0 Å². The normalized spacial score (nSPS) is 21.8. The van der Waals surface area contributed by atoms with Crippen LogP contribution in [0, 0.1) is 11.1 Å². The van der Waals surface area contributed by atoms with Crippen LogP contribution in [-0.4, -0.2) is 48.2 Å². The van der Waals surface area contributed by atoms with Crippen molar-refractivity contribution in [1.29, 1.82) is 0 Å². The lowest BCUT2D eigenvalue weighted by Gasteiger charge is -2.45. The number of amides is 2. The number of ether oxygens (including phenoxy) is 1. The molecule has 2 N–H and O–H groups in total. The van der Waals surface area contributed by atoms with Gasteiger partial charge in [0.1, 0.15) is 5.60 Å². The van der Waals surface area contributed by atoms with E-state index in [0.717, 1.165) is 11.5 Å². The van der Waals surface area contributed by atoms with E-state index in [1.807, 2.05) is 20.8 Å². The molecule has 0 bridgehead atoms. The number of benzene rings is 1. The van der Waals surface area contributed by atoms with E-state index in [-0.39, 0.29) is 24.0 Å². The van der Waals surface area contributed by atoms with E-state index in [1.54, 1.807) is 30.0 Å². The highest BCUT2D eigenvalue weighted by Crippen LogP contribution is 2.38. The van der Waals surface area contributed by atoms with Crippen molar-refractivity contribution in [3.05, 3.63) is 23.4 Å². The predicted octanol–water partition coefficient (Wildman–Crippen LogP) is 3.78. The van der Waals surface area contributed by atoms with Crippen molar-refractivity contribution in [2.75, 3.05) is 35.3 Å². The van der Waals surface area contributed by atoms with Gasteiger partial charge in [0.2, 0.25) is 5.91 Å². The number of rotatable bonds is 2. The molecule has 2 aliphatic heterocycles. The number of likely N-dealkylation sites (tertiary alicyclic amines) is 1. The lowest BCUT2D eigenvalue weighted by Crippen LogP contribution is -2.51.